The SMILES string of the molecule is CCOc1cc(C(=O)N/N=C/c2cc(Cl)c(OCc3cccc(Cl)c3)c(OCC)c2)ccc1OCc1ccccc1. The van der Waals surface area contributed by atoms with Crippen LogP contribution in [0.1, 0.15) is 40.9 Å². The average Bonchev–Trinajstić information content (AvgIpc) is 2.97. The third kappa shape index (κ3) is 8.64. The Morgan fingerprint density at radius 2 is 1.49 bits per heavy atom. The van der Waals surface area contributed by atoms with Crippen LogP contribution in [0.4, 0.5) is 0 Å². The highest BCUT2D eigenvalue weighted by Crippen LogP contribution is 2.37. The number of rotatable bonds is 13. The van der Waals surface area contributed by atoms with Gasteiger partial charge in [0.15, 0.2) is 23.0 Å². The number of nitrogens with one attached hydrogen (secondary N) is 1. The molecule has 0 saturated carbocycles. The molecule has 4 aromatic rings. The molecular formula is C32H30Cl2N2O5. The highest BCUT2D eigenvalue weighted by molar-refractivity contribution is 6.32. The fraction of sp³-hybridized carbons (Fsp3) is 0.188. The van der Waals surface area contributed by atoms with Gasteiger partial charge in [-0.3, -0.25) is 4.79 Å². The van der Waals surface area contributed by atoms with Crippen molar-refractivity contribution in [3.05, 3.63) is 117 Å². The minimum Gasteiger partial charge on any atom is -0.490 e. The number of carbonyl (C=O) groups excluding carboxylic acids is 1. The van der Waals surface area contributed by atoms with E-state index in [0.717, 1.165) is 11.1 Å². The zero-order chi connectivity index (χ0) is 29.0. The number of halogens is 2. The van der Waals surface area contributed by atoms with Gasteiger partial charge in [-0.15, -0.1) is 0 Å². The summed E-state index contributed by atoms with van der Waals surface area (Å²) in [5, 5.41) is 5.07. The predicted molar refractivity (Wildman–Crippen MR) is 162 cm³/mol. The van der Waals surface area contributed by atoms with E-state index in [2.05, 4.69) is 10.5 Å². The molecule has 0 atom stereocenters. The highest BCUT2D eigenvalue weighted by Gasteiger charge is 2.14. The maximum absolute atomic E-state index is 12.8. The Balaban J connectivity index is 1.42. The lowest BCUT2D eigenvalue weighted by atomic mass is 10.2. The van der Waals surface area contributed by atoms with Crippen LogP contribution < -0.4 is 24.4 Å². The lowest BCUT2D eigenvalue weighted by molar-refractivity contribution is 0.0954. The zero-order valence-electron chi connectivity index (χ0n) is 22.7. The van der Waals surface area contributed by atoms with Crippen LogP contribution in [0.15, 0.2) is 90.0 Å². The van der Waals surface area contributed by atoms with Gasteiger partial charge in [0.1, 0.15) is 13.2 Å². The molecule has 0 bridgehead atoms. The molecule has 1 amide bonds. The van der Waals surface area contributed by atoms with Gasteiger partial charge >= 0.3 is 0 Å². The van der Waals surface area contributed by atoms with Crippen LogP contribution in [0.5, 0.6) is 23.0 Å². The normalized spacial score (nSPS) is 10.8. The van der Waals surface area contributed by atoms with Gasteiger partial charge in [-0.1, -0.05) is 65.7 Å². The van der Waals surface area contributed by atoms with E-state index in [4.69, 9.17) is 42.1 Å². The third-order valence-electron chi connectivity index (χ3n) is 5.73. The van der Waals surface area contributed by atoms with E-state index < -0.39 is 5.91 Å². The minimum atomic E-state index is -0.408. The smallest absolute Gasteiger partial charge is 0.271 e. The number of ether oxygens (including phenoxy) is 4. The molecule has 1 N–H and O–H groups in total. The molecule has 7 nitrogen and oxygen atoms in total. The van der Waals surface area contributed by atoms with Crippen molar-refractivity contribution < 1.29 is 23.7 Å². The first-order chi connectivity index (χ1) is 20.0. The van der Waals surface area contributed by atoms with Crippen molar-refractivity contribution in [2.75, 3.05) is 13.2 Å². The quantitative estimate of drug-likeness (QED) is 0.127. The summed E-state index contributed by atoms with van der Waals surface area (Å²) in [6.45, 7) is 5.22. The molecule has 0 radical (unpaired) electrons. The fourth-order valence-electron chi connectivity index (χ4n) is 3.85. The monoisotopic (exact) mass is 592 g/mol. The standard InChI is InChI=1S/C32H30Cl2N2O5/c1-3-38-29-18-25(13-14-28(29)40-20-22-9-6-5-7-10-22)32(37)36-35-19-24-16-27(34)31(30(17-24)39-4-2)41-21-23-11-8-12-26(33)15-23/h5-19H,3-4,20-21H2,1-2H3,(H,36,37)/b35-19+. The second-order valence-corrected chi connectivity index (χ2v) is 9.59. The van der Waals surface area contributed by atoms with Gasteiger partial charge in [0.25, 0.3) is 5.91 Å². The summed E-state index contributed by atoms with van der Waals surface area (Å²) >= 11 is 12.6. The molecule has 212 valence electrons. The van der Waals surface area contributed by atoms with Crippen molar-refractivity contribution in [3.63, 3.8) is 0 Å². The third-order valence-corrected chi connectivity index (χ3v) is 6.24. The number of hydrogen-bond donors (Lipinski definition) is 1. The van der Waals surface area contributed by atoms with E-state index >= 15 is 0 Å². The van der Waals surface area contributed by atoms with E-state index in [0.29, 0.717) is 64.0 Å². The summed E-state index contributed by atoms with van der Waals surface area (Å²) < 4.78 is 23.3. The summed E-state index contributed by atoms with van der Waals surface area (Å²) in [5.41, 5.74) is 5.45. The maximum Gasteiger partial charge on any atom is 0.271 e. The Morgan fingerprint density at radius 1 is 0.756 bits per heavy atom. The van der Waals surface area contributed by atoms with E-state index in [1.807, 2.05) is 62.4 Å². The Kier molecular flexibility index (Phi) is 10.9. The summed E-state index contributed by atoms with van der Waals surface area (Å²) in [4.78, 5) is 12.8. The van der Waals surface area contributed by atoms with E-state index in [1.165, 1.54) is 6.21 Å². The minimum absolute atomic E-state index is 0.268. The fourth-order valence-corrected chi connectivity index (χ4v) is 4.34. The highest BCUT2D eigenvalue weighted by atomic mass is 35.5. The molecule has 0 aliphatic heterocycles. The molecule has 0 spiro atoms. The van der Waals surface area contributed by atoms with E-state index in [9.17, 15) is 4.79 Å². The van der Waals surface area contributed by atoms with Crippen LogP contribution in [0.2, 0.25) is 10.0 Å². The van der Waals surface area contributed by atoms with Gasteiger partial charge in [0.2, 0.25) is 0 Å². The number of benzene rings is 4. The molecule has 0 unspecified atom stereocenters. The van der Waals surface area contributed by atoms with Gasteiger partial charge in [0, 0.05) is 10.6 Å². The van der Waals surface area contributed by atoms with Crippen molar-refractivity contribution >= 4 is 35.3 Å². The first-order valence-corrected chi connectivity index (χ1v) is 13.8. The second kappa shape index (κ2) is 15.0. The summed E-state index contributed by atoms with van der Waals surface area (Å²) in [7, 11) is 0. The molecule has 41 heavy (non-hydrogen) atoms. The molecule has 4 aromatic carbocycles. The van der Waals surface area contributed by atoms with Crippen LogP contribution in [0.25, 0.3) is 0 Å². The average molecular weight is 594 g/mol. The molecule has 0 heterocycles. The summed E-state index contributed by atoms with van der Waals surface area (Å²) in [5.74, 6) is 1.48. The van der Waals surface area contributed by atoms with Gasteiger partial charge in [-0.05, 0) is 73.0 Å². The van der Waals surface area contributed by atoms with Crippen molar-refractivity contribution in [1.29, 1.82) is 0 Å². The second-order valence-electron chi connectivity index (χ2n) is 8.75. The largest absolute Gasteiger partial charge is 0.490 e. The number of carbonyl (C=O) groups is 1. The van der Waals surface area contributed by atoms with Gasteiger partial charge in [0.05, 0.1) is 24.5 Å². The summed E-state index contributed by atoms with van der Waals surface area (Å²) in [6.07, 6.45) is 1.48. The molecule has 0 saturated heterocycles. The number of hydrogen-bond acceptors (Lipinski definition) is 6. The van der Waals surface area contributed by atoms with Crippen LogP contribution >= 0.6 is 23.2 Å². The van der Waals surface area contributed by atoms with Crippen LogP contribution in [0, 0.1) is 0 Å². The summed E-state index contributed by atoms with van der Waals surface area (Å²) in [6, 6.07) is 25.6. The first kappa shape index (κ1) is 29.8. The number of nitrogens with zero attached hydrogens (tertiary/aromatic N) is 1. The van der Waals surface area contributed by atoms with Gasteiger partial charge in [-0.25, -0.2) is 5.43 Å². The van der Waals surface area contributed by atoms with E-state index in [1.54, 1.807) is 36.4 Å². The number of hydrazone groups is 1. The molecule has 0 aromatic heterocycles. The molecule has 9 heteroatoms. The van der Waals surface area contributed by atoms with Crippen LogP contribution in [0.3, 0.4) is 0 Å². The molecule has 0 aliphatic rings. The van der Waals surface area contributed by atoms with Crippen molar-refractivity contribution in [1.82, 2.24) is 5.43 Å². The molecule has 0 fully saturated rings. The molecule has 4 rings (SSSR count). The Labute approximate surface area is 249 Å². The van der Waals surface area contributed by atoms with Crippen molar-refractivity contribution in [3.8, 4) is 23.0 Å². The van der Waals surface area contributed by atoms with Gasteiger partial charge < -0.3 is 18.9 Å². The topological polar surface area (TPSA) is 78.4 Å². The van der Waals surface area contributed by atoms with E-state index in [-0.39, 0.29) is 6.61 Å². The Hall–Kier alpha value is -4.20. The Morgan fingerprint density at radius 3 is 2.24 bits per heavy atom. The molecular weight excluding hydrogens is 563 g/mol. The predicted octanol–water partition coefficient (Wildman–Crippen LogP) is 7.71. The van der Waals surface area contributed by atoms with Crippen LogP contribution in [-0.4, -0.2) is 25.3 Å². The lowest BCUT2D eigenvalue weighted by Crippen LogP contribution is -2.17. The van der Waals surface area contributed by atoms with Crippen molar-refractivity contribution in [2.45, 2.75) is 27.1 Å². The maximum atomic E-state index is 12.8. The first-order valence-electron chi connectivity index (χ1n) is 13.1. The van der Waals surface area contributed by atoms with Gasteiger partial charge in [-0.2, -0.15) is 5.10 Å². The lowest BCUT2D eigenvalue weighted by Gasteiger charge is -2.14. The number of amides is 1. The zero-order valence-corrected chi connectivity index (χ0v) is 24.2. The van der Waals surface area contributed by atoms with Crippen molar-refractivity contribution in [2.24, 2.45) is 5.10 Å². The van der Waals surface area contributed by atoms with Crippen LogP contribution in [-0.2, 0) is 13.2 Å². The Bertz CT molecular complexity index is 1500. The molecule has 0 aliphatic carbocycles.